The molecule has 0 atom stereocenters. The molecule has 7 heteroatoms. The molecule has 0 unspecified atom stereocenters. The molecule has 0 aliphatic carbocycles. The molecular formula is C17H12FN3OS2. The third-order valence-electron chi connectivity index (χ3n) is 3.53. The first kappa shape index (κ1) is 15.0. The van der Waals surface area contributed by atoms with Gasteiger partial charge in [0.15, 0.2) is 4.96 Å². The van der Waals surface area contributed by atoms with Crippen LogP contribution in [-0.4, -0.2) is 15.3 Å². The molecule has 3 aromatic heterocycles. The van der Waals surface area contributed by atoms with Crippen LogP contribution >= 0.6 is 22.7 Å². The molecule has 0 aliphatic heterocycles. The third-order valence-corrected chi connectivity index (χ3v) is 5.44. The second-order valence-electron chi connectivity index (χ2n) is 5.18. The molecule has 0 fully saturated rings. The molecule has 1 amide bonds. The van der Waals surface area contributed by atoms with Gasteiger partial charge in [0.25, 0.3) is 5.91 Å². The number of carbonyl (C=O) groups is 1. The fraction of sp³-hybridized carbons (Fsp3) is 0.0588. The number of nitrogens with zero attached hydrogens (tertiary/aromatic N) is 2. The number of nitrogens with one attached hydrogen (secondary N) is 1. The number of rotatable bonds is 4. The Morgan fingerprint density at radius 1 is 1.21 bits per heavy atom. The van der Waals surface area contributed by atoms with Gasteiger partial charge >= 0.3 is 0 Å². The fourth-order valence-electron chi connectivity index (χ4n) is 2.35. The summed E-state index contributed by atoms with van der Waals surface area (Å²) in [6.07, 6.45) is 3.84. The number of halogens is 1. The molecule has 0 aliphatic rings. The Kier molecular flexibility index (Phi) is 3.87. The second-order valence-corrected chi connectivity index (χ2v) is 7.14. The predicted octanol–water partition coefficient (Wildman–Crippen LogP) is 4.19. The quantitative estimate of drug-likeness (QED) is 0.595. The zero-order chi connectivity index (χ0) is 16.5. The first-order chi connectivity index (χ1) is 11.7. The molecule has 0 radical (unpaired) electrons. The highest BCUT2D eigenvalue weighted by molar-refractivity contribution is 7.17. The monoisotopic (exact) mass is 357 g/mol. The van der Waals surface area contributed by atoms with Crippen molar-refractivity contribution in [2.75, 3.05) is 0 Å². The summed E-state index contributed by atoms with van der Waals surface area (Å²) in [7, 11) is 0. The van der Waals surface area contributed by atoms with E-state index in [0.29, 0.717) is 11.4 Å². The van der Waals surface area contributed by atoms with Crippen LogP contribution in [0.25, 0.3) is 15.4 Å². The molecular weight excluding hydrogens is 345 g/mol. The second kappa shape index (κ2) is 6.18. The van der Waals surface area contributed by atoms with E-state index in [0.717, 1.165) is 21.1 Å². The van der Waals surface area contributed by atoms with Crippen molar-refractivity contribution in [2.24, 2.45) is 0 Å². The summed E-state index contributed by atoms with van der Waals surface area (Å²) in [6.45, 7) is 0.386. The summed E-state index contributed by atoms with van der Waals surface area (Å²) in [6, 6.07) is 9.91. The van der Waals surface area contributed by atoms with Crippen molar-refractivity contribution in [3.63, 3.8) is 0 Å². The molecule has 3 heterocycles. The van der Waals surface area contributed by atoms with Crippen LogP contribution in [-0.2, 0) is 6.54 Å². The van der Waals surface area contributed by atoms with Crippen LogP contribution in [0, 0.1) is 5.82 Å². The highest BCUT2D eigenvalue weighted by Gasteiger charge is 2.11. The number of thiazole rings is 1. The largest absolute Gasteiger partial charge is 0.346 e. The first-order valence-electron chi connectivity index (χ1n) is 7.24. The topological polar surface area (TPSA) is 46.4 Å². The Hall–Kier alpha value is -2.51. The molecule has 0 saturated heterocycles. The normalized spacial score (nSPS) is 11.0. The molecule has 1 N–H and O–H groups in total. The Morgan fingerprint density at radius 2 is 2.04 bits per heavy atom. The van der Waals surface area contributed by atoms with Crippen molar-refractivity contribution >= 4 is 33.5 Å². The highest BCUT2D eigenvalue weighted by Crippen LogP contribution is 2.28. The number of aromatic nitrogens is 2. The Morgan fingerprint density at radius 3 is 2.83 bits per heavy atom. The first-order valence-corrected chi connectivity index (χ1v) is 8.94. The van der Waals surface area contributed by atoms with Crippen molar-refractivity contribution in [3.8, 4) is 10.4 Å². The van der Waals surface area contributed by atoms with E-state index >= 15 is 0 Å². The molecule has 4 rings (SSSR count). The average molecular weight is 357 g/mol. The van der Waals surface area contributed by atoms with Crippen LogP contribution in [0.1, 0.15) is 15.4 Å². The van der Waals surface area contributed by atoms with Gasteiger partial charge in [0.2, 0.25) is 0 Å². The number of hydrogen-bond donors (Lipinski definition) is 1. The lowest BCUT2D eigenvalue weighted by atomic mass is 10.2. The van der Waals surface area contributed by atoms with Gasteiger partial charge in [-0.2, -0.15) is 0 Å². The number of fused-ring (bicyclic) bond motifs is 1. The van der Waals surface area contributed by atoms with Gasteiger partial charge in [0.05, 0.1) is 17.1 Å². The lowest BCUT2D eigenvalue weighted by molar-refractivity contribution is 0.0954. The number of imidazole rings is 1. The van der Waals surface area contributed by atoms with Crippen LogP contribution in [0.2, 0.25) is 0 Å². The van der Waals surface area contributed by atoms with Crippen molar-refractivity contribution in [1.29, 1.82) is 0 Å². The fourth-order valence-corrected chi connectivity index (χ4v) is 4.00. The molecule has 24 heavy (non-hydrogen) atoms. The number of hydrogen-bond acceptors (Lipinski definition) is 4. The summed E-state index contributed by atoms with van der Waals surface area (Å²) in [5, 5.41) is 4.85. The van der Waals surface area contributed by atoms with Gasteiger partial charge in [-0.05, 0) is 29.8 Å². The molecule has 0 bridgehead atoms. The summed E-state index contributed by atoms with van der Waals surface area (Å²) in [5.41, 5.74) is 1.72. The van der Waals surface area contributed by atoms with Crippen molar-refractivity contribution in [1.82, 2.24) is 14.7 Å². The number of thiophene rings is 1. The predicted molar refractivity (Wildman–Crippen MR) is 94.0 cm³/mol. The van der Waals surface area contributed by atoms with Gasteiger partial charge in [-0.25, -0.2) is 9.37 Å². The molecule has 4 aromatic rings. The SMILES string of the molecule is O=C(NCc1cn2ccsc2n1)c1ccc(-c2ccc(F)cc2)s1. The van der Waals surface area contributed by atoms with E-state index in [1.165, 1.54) is 23.5 Å². The number of benzene rings is 1. The molecule has 0 spiro atoms. The smallest absolute Gasteiger partial charge is 0.261 e. The summed E-state index contributed by atoms with van der Waals surface area (Å²) in [5.74, 6) is -0.405. The zero-order valence-corrected chi connectivity index (χ0v) is 14.0. The number of amides is 1. The van der Waals surface area contributed by atoms with Crippen molar-refractivity contribution < 1.29 is 9.18 Å². The van der Waals surface area contributed by atoms with E-state index in [1.54, 1.807) is 29.5 Å². The van der Waals surface area contributed by atoms with E-state index in [4.69, 9.17) is 0 Å². The van der Waals surface area contributed by atoms with Crippen LogP contribution in [0.15, 0.2) is 54.2 Å². The van der Waals surface area contributed by atoms with Gasteiger partial charge in [0.1, 0.15) is 5.82 Å². The van der Waals surface area contributed by atoms with Crippen LogP contribution in [0.3, 0.4) is 0 Å². The minimum Gasteiger partial charge on any atom is -0.346 e. The van der Waals surface area contributed by atoms with Gasteiger partial charge in [-0.1, -0.05) is 12.1 Å². The van der Waals surface area contributed by atoms with Crippen LogP contribution in [0.5, 0.6) is 0 Å². The lowest BCUT2D eigenvalue weighted by Crippen LogP contribution is -2.21. The van der Waals surface area contributed by atoms with Crippen LogP contribution < -0.4 is 5.32 Å². The Balaban J connectivity index is 1.44. The average Bonchev–Trinajstić information content (AvgIpc) is 3.29. The Bertz CT molecular complexity index is 972. The van der Waals surface area contributed by atoms with Crippen molar-refractivity contribution in [2.45, 2.75) is 6.54 Å². The molecule has 1 aromatic carbocycles. The Labute approximate surface area is 145 Å². The van der Waals surface area contributed by atoms with Gasteiger partial charge in [0, 0.05) is 22.7 Å². The standard InChI is InChI=1S/C17H12FN3OS2/c18-12-3-1-11(2-4-12)14-5-6-15(24-14)16(22)19-9-13-10-21-7-8-23-17(21)20-13/h1-8,10H,9H2,(H,19,22). The summed E-state index contributed by atoms with van der Waals surface area (Å²) in [4.78, 5) is 19.2. The van der Waals surface area contributed by atoms with Gasteiger partial charge in [-0.3, -0.25) is 9.20 Å². The number of carbonyl (C=O) groups excluding carboxylic acids is 1. The highest BCUT2D eigenvalue weighted by atomic mass is 32.1. The van der Waals surface area contributed by atoms with Gasteiger partial charge in [-0.15, -0.1) is 22.7 Å². The van der Waals surface area contributed by atoms with Gasteiger partial charge < -0.3 is 5.32 Å². The molecule has 0 saturated carbocycles. The minimum atomic E-state index is -0.270. The van der Waals surface area contributed by atoms with E-state index in [2.05, 4.69) is 10.3 Å². The van der Waals surface area contributed by atoms with E-state index < -0.39 is 0 Å². The minimum absolute atomic E-state index is 0.135. The summed E-state index contributed by atoms with van der Waals surface area (Å²) < 4.78 is 14.9. The van der Waals surface area contributed by atoms with E-state index in [1.807, 2.05) is 28.2 Å². The van der Waals surface area contributed by atoms with Crippen LogP contribution in [0.4, 0.5) is 4.39 Å². The molecule has 4 nitrogen and oxygen atoms in total. The van der Waals surface area contributed by atoms with E-state index in [-0.39, 0.29) is 11.7 Å². The lowest BCUT2D eigenvalue weighted by Gasteiger charge is -2.00. The molecule has 120 valence electrons. The third kappa shape index (κ3) is 2.95. The van der Waals surface area contributed by atoms with Crippen molar-refractivity contribution in [3.05, 3.63) is 70.6 Å². The van der Waals surface area contributed by atoms with E-state index in [9.17, 15) is 9.18 Å². The maximum Gasteiger partial charge on any atom is 0.261 e. The maximum atomic E-state index is 13.0. The maximum absolute atomic E-state index is 13.0. The summed E-state index contributed by atoms with van der Waals surface area (Å²) >= 11 is 2.94. The zero-order valence-electron chi connectivity index (χ0n) is 12.4.